The standard InChI is InChI=1S/C16H12F3N5O2/c1-9(10-5-3-2-4-6-10)24-12-7-11(16(17,18)19)14(22-23-20)21-15(12)26-8-13(24)25/h2-7,9H,8H2,1H3/t9-/m0/s1. The highest BCUT2D eigenvalue weighted by molar-refractivity contribution is 5.98. The highest BCUT2D eigenvalue weighted by Gasteiger charge is 2.39. The highest BCUT2D eigenvalue weighted by Crippen LogP contribution is 2.44. The van der Waals surface area contributed by atoms with Crippen molar-refractivity contribution in [3.63, 3.8) is 0 Å². The van der Waals surface area contributed by atoms with Gasteiger partial charge in [-0.15, -0.1) is 0 Å². The summed E-state index contributed by atoms with van der Waals surface area (Å²) in [6, 6.07) is 9.03. The molecule has 1 aliphatic heterocycles. The highest BCUT2D eigenvalue weighted by atomic mass is 19.4. The molecular weight excluding hydrogens is 351 g/mol. The van der Waals surface area contributed by atoms with Crippen LogP contribution in [-0.2, 0) is 11.0 Å². The Labute approximate surface area is 145 Å². The predicted octanol–water partition coefficient (Wildman–Crippen LogP) is 4.53. The zero-order valence-corrected chi connectivity index (χ0v) is 13.4. The average molecular weight is 363 g/mol. The normalized spacial score (nSPS) is 14.9. The smallest absolute Gasteiger partial charge is 0.418 e. The van der Waals surface area contributed by atoms with Crippen molar-refractivity contribution in [2.24, 2.45) is 5.11 Å². The first-order valence-electron chi connectivity index (χ1n) is 7.50. The maximum absolute atomic E-state index is 13.3. The summed E-state index contributed by atoms with van der Waals surface area (Å²) in [5.41, 5.74) is 7.87. The maximum atomic E-state index is 13.3. The minimum absolute atomic E-state index is 0.123. The predicted molar refractivity (Wildman–Crippen MR) is 85.9 cm³/mol. The molecule has 0 bridgehead atoms. The Morgan fingerprint density at radius 1 is 1.35 bits per heavy atom. The van der Waals surface area contributed by atoms with Crippen LogP contribution >= 0.6 is 0 Å². The van der Waals surface area contributed by atoms with Crippen LogP contribution in [0.3, 0.4) is 0 Å². The lowest BCUT2D eigenvalue weighted by Gasteiger charge is -2.34. The largest absolute Gasteiger partial charge is 0.466 e. The van der Waals surface area contributed by atoms with Crippen LogP contribution < -0.4 is 9.64 Å². The molecule has 1 aromatic heterocycles. The third kappa shape index (κ3) is 3.14. The van der Waals surface area contributed by atoms with Gasteiger partial charge in [0.15, 0.2) is 6.61 Å². The van der Waals surface area contributed by atoms with Crippen LogP contribution in [0.25, 0.3) is 10.4 Å². The van der Waals surface area contributed by atoms with E-state index in [2.05, 4.69) is 15.0 Å². The first kappa shape index (κ1) is 17.6. The molecule has 26 heavy (non-hydrogen) atoms. The third-order valence-electron chi connectivity index (χ3n) is 3.92. The van der Waals surface area contributed by atoms with Gasteiger partial charge in [0.25, 0.3) is 5.91 Å². The van der Waals surface area contributed by atoms with Gasteiger partial charge in [-0.25, -0.2) is 4.98 Å². The number of ether oxygens (including phenoxy) is 1. The van der Waals surface area contributed by atoms with Gasteiger partial charge in [0.1, 0.15) is 11.5 Å². The number of carbonyl (C=O) groups excluding carboxylic acids is 1. The average Bonchev–Trinajstić information content (AvgIpc) is 2.61. The van der Waals surface area contributed by atoms with Crippen LogP contribution in [0.15, 0.2) is 41.5 Å². The SMILES string of the molecule is C[C@@H](c1ccccc1)N1C(=O)COc2nc(N=[N+]=[N-])c(C(F)(F)F)cc21. The molecule has 3 rings (SSSR count). The van der Waals surface area contributed by atoms with Crippen molar-refractivity contribution in [3.05, 3.63) is 58.0 Å². The number of hydrogen-bond donors (Lipinski definition) is 0. The van der Waals surface area contributed by atoms with Gasteiger partial charge in [-0.3, -0.25) is 9.69 Å². The van der Waals surface area contributed by atoms with E-state index in [1.807, 2.05) is 0 Å². The topological polar surface area (TPSA) is 91.2 Å². The molecule has 2 aromatic rings. The molecule has 0 spiro atoms. The molecule has 1 amide bonds. The van der Waals surface area contributed by atoms with Gasteiger partial charge in [0.05, 0.1) is 11.6 Å². The lowest BCUT2D eigenvalue weighted by molar-refractivity contribution is -0.137. The molecule has 0 radical (unpaired) electrons. The number of fused-ring (bicyclic) bond motifs is 1. The van der Waals surface area contributed by atoms with Gasteiger partial charge in [-0.2, -0.15) is 13.2 Å². The molecule has 1 aliphatic rings. The van der Waals surface area contributed by atoms with Gasteiger partial charge in [0, 0.05) is 4.91 Å². The van der Waals surface area contributed by atoms with Crippen molar-refractivity contribution in [3.8, 4) is 5.88 Å². The summed E-state index contributed by atoms with van der Waals surface area (Å²) in [4.78, 5) is 19.6. The van der Waals surface area contributed by atoms with E-state index in [-0.39, 0.29) is 18.2 Å². The van der Waals surface area contributed by atoms with Gasteiger partial charge in [0.2, 0.25) is 5.88 Å². The van der Waals surface area contributed by atoms with E-state index in [4.69, 9.17) is 10.3 Å². The van der Waals surface area contributed by atoms with Crippen molar-refractivity contribution in [1.29, 1.82) is 0 Å². The molecule has 134 valence electrons. The van der Waals surface area contributed by atoms with Crippen LogP contribution in [0, 0.1) is 0 Å². The summed E-state index contributed by atoms with van der Waals surface area (Å²) in [6.45, 7) is 1.31. The van der Waals surface area contributed by atoms with E-state index in [9.17, 15) is 18.0 Å². The number of halogens is 3. The lowest BCUT2D eigenvalue weighted by atomic mass is 10.1. The number of anilines is 1. The van der Waals surface area contributed by atoms with Gasteiger partial charge in [-0.1, -0.05) is 30.3 Å². The Balaban J connectivity index is 2.17. The molecule has 7 nitrogen and oxygen atoms in total. The van der Waals surface area contributed by atoms with Gasteiger partial charge < -0.3 is 4.74 Å². The fraction of sp³-hybridized carbons (Fsp3) is 0.250. The second-order valence-corrected chi connectivity index (χ2v) is 5.51. The van der Waals surface area contributed by atoms with Gasteiger partial charge >= 0.3 is 6.18 Å². The number of pyridine rings is 1. The van der Waals surface area contributed by atoms with Crippen molar-refractivity contribution in [2.75, 3.05) is 11.5 Å². The number of alkyl halides is 3. The summed E-state index contributed by atoms with van der Waals surface area (Å²) >= 11 is 0. The summed E-state index contributed by atoms with van der Waals surface area (Å²) in [5.74, 6) is -1.54. The molecule has 0 N–H and O–H groups in total. The van der Waals surface area contributed by atoms with Crippen LogP contribution in [-0.4, -0.2) is 17.5 Å². The number of hydrogen-bond acceptors (Lipinski definition) is 4. The van der Waals surface area contributed by atoms with Crippen molar-refractivity contribution >= 4 is 17.4 Å². The maximum Gasteiger partial charge on any atom is 0.418 e. The van der Waals surface area contributed by atoms with E-state index in [1.165, 1.54) is 4.90 Å². The lowest BCUT2D eigenvalue weighted by Crippen LogP contribution is -2.41. The number of rotatable bonds is 3. The second-order valence-electron chi connectivity index (χ2n) is 5.51. The molecule has 10 heteroatoms. The van der Waals surface area contributed by atoms with Crippen molar-refractivity contribution in [2.45, 2.75) is 19.1 Å². The van der Waals surface area contributed by atoms with E-state index >= 15 is 0 Å². The molecule has 1 atom stereocenters. The Kier molecular flexibility index (Phi) is 4.43. The zero-order chi connectivity index (χ0) is 18.9. The molecule has 1 aromatic carbocycles. The summed E-state index contributed by atoms with van der Waals surface area (Å²) in [7, 11) is 0. The number of nitrogens with zero attached hydrogens (tertiary/aromatic N) is 5. The Morgan fingerprint density at radius 2 is 2.04 bits per heavy atom. The molecule has 0 aliphatic carbocycles. The molecule has 0 unspecified atom stereocenters. The first-order chi connectivity index (χ1) is 12.3. The Morgan fingerprint density at radius 3 is 2.65 bits per heavy atom. The van der Waals surface area contributed by atoms with E-state index in [0.717, 1.165) is 11.6 Å². The Hall–Kier alpha value is -3.26. The van der Waals surface area contributed by atoms with Crippen molar-refractivity contribution < 1.29 is 22.7 Å². The molecule has 2 heterocycles. The number of azide groups is 1. The molecule has 0 fully saturated rings. The fourth-order valence-corrected chi connectivity index (χ4v) is 2.72. The van der Waals surface area contributed by atoms with E-state index in [1.54, 1.807) is 37.3 Å². The third-order valence-corrected chi connectivity index (χ3v) is 3.92. The number of benzene rings is 1. The molecule has 0 saturated heterocycles. The fourth-order valence-electron chi connectivity index (χ4n) is 2.72. The van der Waals surface area contributed by atoms with Crippen LogP contribution in [0.1, 0.15) is 24.1 Å². The number of amides is 1. The van der Waals surface area contributed by atoms with Crippen LogP contribution in [0.2, 0.25) is 0 Å². The quantitative estimate of drug-likeness (QED) is 0.456. The summed E-state index contributed by atoms with van der Waals surface area (Å²) < 4.78 is 45.1. The number of carbonyl (C=O) groups is 1. The monoisotopic (exact) mass is 363 g/mol. The van der Waals surface area contributed by atoms with E-state index in [0.29, 0.717) is 0 Å². The van der Waals surface area contributed by atoms with Crippen molar-refractivity contribution in [1.82, 2.24) is 4.98 Å². The second kappa shape index (κ2) is 6.57. The number of aromatic nitrogens is 1. The first-order valence-corrected chi connectivity index (χ1v) is 7.50. The van der Waals surface area contributed by atoms with Gasteiger partial charge in [-0.05, 0) is 29.2 Å². The minimum Gasteiger partial charge on any atom is -0.466 e. The summed E-state index contributed by atoms with van der Waals surface area (Å²) in [5, 5.41) is 2.99. The van der Waals surface area contributed by atoms with Crippen LogP contribution in [0.5, 0.6) is 5.88 Å². The van der Waals surface area contributed by atoms with E-state index < -0.39 is 29.5 Å². The zero-order valence-electron chi connectivity index (χ0n) is 13.4. The minimum atomic E-state index is -4.81. The molecule has 0 saturated carbocycles. The molecular formula is C16H12F3N5O2. The Bertz CT molecular complexity index is 895. The van der Waals surface area contributed by atoms with Crippen LogP contribution in [0.4, 0.5) is 24.7 Å². The summed E-state index contributed by atoms with van der Waals surface area (Å²) in [6.07, 6.45) is -4.81.